The van der Waals surface area contributed by atoms with Gasteiger partial charge in [0.2, 0.25) is 0 Å². The number of fused-ring (bicyclic) bond motifs is 1. The van der Waals surface area contributed by atoms with Crippen molar-refractivity contribution in [2.75, 3.05) is 0 Å². The highest BCUT2D eigenvalue weighted by Crippen LogP contribution is 2.45. The number of nitrogens with zero attached hydrogens (tertiary/aromatic N) is 1. The maximum atomic E-state index is 13.7. The lowest BCUT2D eigenvalue weighted by atomic mass is 9.76. The number of nitrogens with one attached hydrogen (secondary N) is 1. The number of aryl methyl sites for hydroxylation is 1. The molecule has 2 aromatic heterocycles. The number of H-pyrrole nitrogens is 1. The Morgan fingerprint density at radius 3 is 2.61 bits per heavy atom. The fourth-order valence-electron chi connectivity index (χ4n) is 3.97. The molecule has 0 radical (unpaired) electrons. The van der Waals surface area contributed by atoms with Crippen molar-refractivity contribution in [2.45, 2.75) is 45.0 Å². The Balaban J connectivity index is 0.000000179. The first kappa shape index (κ1) is 22.5. The molecule has 1 fully saturated rings. The number of hydrogen-bond donors (Lipinski definition) is 2. The monoisotopic (exact) mass is 431 g/mol. The van der Waals surface area contributed by atoms with Gasteiger partial charge >= 0.3 is 0 Å². The average Bonchev–Trinajstić information content (AvgIpc) is 2.70. The number of carbonyl (C=O) groups excluding carboxylic acids is 1. The molecule has 0 saturated heterocycles. The van der Waals surface area contributed by atoms with Crippen molar-refractivity contribution in [1.29, 1.82) is 0 Å². The third kappa shape index (κ3) is 4.95. The quantitative estimate of drug-likeness (QED) is 0.617. The summed E-state index contributed by atoms with van der Waals surface area (Å²) in [5.41, 5.74) is 7.04. The van der Waals surface area contributed by atoms with Crippen molar-refractivity contribution in [1.82, 2.24) is 9.97 Å². The van der Waals surface area contributed by atoms with Gasteiger partial charge in [0, 0.05) is 30.8 Å². The lowest BCUT2D eigenvalue weighted by Crippen LogP contribution is -2.33. The van der Waals surface area contributed by atoms with E-state index in [9.17, 15) is 22.8 Å². The fraction of sp³-hybridized carbons (Fsp3) is 0.348. The minimum Gasteiger partial charge on any atom is -0.364 e. The number of benzene rings is 1. The second-order valence-corrected chi connectivity index (χ2v) is 7.93. The molecule has 1 aliphatic carbocycles. The van der Waals surface area contributed by atoms with E-state index in [0.717, 1.165) is 17.5 Å². The highest BCUT2D eigenvalue weighted by Gasteiger charge is 2.43. The summed E-state index contributed by atoms with van der Waals surface area (Å²) in [6.45, 7) is 3.39. The van der Waals surface area contributed by atoms with Crippen LogP contribution >= 0.6 is 0 Å². The van der Waals surface area contributed by atoms with Crippen LogP contribution < -0.4 is 11.2 Å². The smallest absolute Gasteiger partial charge is 0.268 e. The van der Waals surface area contributed by atoms with Gasteiger partial charge in [-0.05, 0) is 55.0 Å². The number of primary amides is 1. The second kappa shape index (κ2) is 8.91. The number of nitrogens with two attached hydrogens (primary N) is 1. The molecule has 8 heteroatoms. The van der Waals surface area contributed by atoms with E-state index in [1.807, 2.05) is 0 Å². The molecule has 1 saturated carbocycles. The Morgan fingerprint density at radius 1 is 1.23 bits per heavy atom. The zero-order chi connectivity index (χ0) is 22.8. The molecule has 0 spiro atoms. The first-order chi connectivity index (χ1) is 14.6. The summed E-state index contributed by atoms with van der Waals surface area (Å²) >= 11 is 0. The number of carbonyl (C=O) groups is 1. The molecule has 0 bridgehead atoms. The van der Waals surface area contributed by atoms with Crippen molar-refractivity contribution in [3.8, 4) is 0 Å². The van der Waals surface area contributed by atoms with Crippen LogP contribution in [0.4, 0.5) is 13.2 Å². The van der Waals surface area contributed by atoms with Crippen molar-refractivity contribution in [3.05, 3.63) is 75.6 Å². The molecule has 1 aliphatic rings. The largest absolute Gasteiger partial charge is 0.364 e. The van der Waals surface area contributed by atoms with Gasteiger partial charge in [0.1, 0.15) is 11.5 Å². The van der Waals surface area contributed by atoms with Gasteiger partial charge in [-0.25, -0.2) is 13.2 Å². The normalized spacial score (nSPS) is 20.0. The molecule has 0 aliphatic heterocycles. The van der Waals surface area contributed by atoms with Gasteiger partial charge in [-0.1, -0.05) is 13.0 Å². The summed E-state index contributed by atoms with van der Waals surface area (Å²) in [4.78, 5) is 29.0. The zero-order valence-corrected chi connectivity index (χ0v) is 17.3. The Labute approximate surface area is 177 Å². The molecular formula is C23H24F3N3O2. The Morgan fingerprint density at radius 2 is 1.97 bits per heavy atom. The van der Waals surface area contributed by atoms with E-state index in [-0.39, 0.29) is 34.7 Å². The molecular weight excluding hydrogens is 407 g/mol. The third-order valence-electron chi connectivity index (χ3n) is 5.76. The van der Waals surface area contributed by atoms with Crippen LogP contribution in [0, 0.1) is 18.7 Å². The van der Waals surface area contributed by atoms with E-state index in [1.165, 1.54) is 30.6 Å². The molecule has 1 amide bonds. The van der Waals surface area contributed by atoms with Gasteiger partial charge in [-0.2, -0.15) is 0 Å². The highest BCUT2D eigenvalue weighted by atomic mass is 19.3. The SMILES string of the molecule is Cc1cc(F)ccc1C1CCC(C)C(F)(F)C1.NC(=O)c1nccc2[nH]ccc(=O)c12. The average molecular weight is 431 g/mol. The Kier molecular flexibility index (Phi) is 6.48. The predicted octanol–water partition coefficient (Wildman–Crippen LogP) is 4.70. The standard InChI is InChI=1S/C14H17F3.C9H7N3O2/c1-9-7-12(15)5-6-13(9)11-4-3-10(2)14(16,17)8-11;10-9(14)8-7-5(1-3-12-8)11-4-2-6(7)13/h5-7,10-11H,3-4,8H2,1-2H3;1-4H,(H2,10,14)(H,11,13). The van der Waals surface area contributed by atoms with Crippen LogP contribution in [0.5, 0.6) is 0 Å². The van der Waals surface area contributed by atoms with Crippen LogP contribution in [0.15, 0.2) is 47.5 Å². The number of pyridine rings is 2. The van der Waals surface area contributed by atoms with Crippen molar-refractivity contribution in [2.24, 2.45) is 11.7 Å². The van der Waals surface area contributed by atoms with Gasteiger partial charge in [0.05, 0.1) is 10.9 Å². The van der Waals surface area contributed by atoms with E-state index in [0.29, 0.717) is 11.9 Å². The zero-order valence-electron chi connectivity index (χ0n) is 17.3. The number of aromatic amines is 1. The van der Waals surface area contributed by atoms with Gasteiger partial charge in [-0.15, -0.1) is 0 Å². The minimum atomic E-state index is -2.59. The molecule has 164 valence electrons. The molecule has 3 aromatic rings. The lowest BCUT2D eigenvalue weighted by molar-refractivity contribution is -0.0848. The summed E-state index contributed by atoms with van der Waals surface area (Å²) in [6.07, 6.45) is 4.13. The molecule has 4 rings (SSSR count). The first-order valence-electron chi connectivity index (χ1n) is 10.00. The second-order valence-electron chi connectivity index (χ2n) is 7.93. The molecule has 2 unspecified atom stereocenters. The topological polar surface area (TPSA) is 88.8 Å². The lowest BCUT2D eigenvalue weighted by Gasteiger charge is -2.34. The third-order valence-corrected chi connectivity index (χ3v) is 5.76. The Bertz CT molecular complexity index is 1160. The van der Waals surface area contributed by atoms with Crippen LogP contribution in [0.1, 0.15) is 53.7 Å². The summed E-state index contributed by atoms with van der Waals surface area (Å²) in [5.74, 6) is -4.28. The van der Waals surface area contributed by atoms with E-state index in [2.05, 4.69) is 9.97 Å². The van der Waals surface area contributed by atoms with E-state index in [1.54, 1.807) is 26.0 Å². The molecule has 1 aromatic carbocycles. The number of rotatable bonds is 2. The maximum Gasteiger partial charge on any atom is 0.268 e. The van der Waals surface area contributed by atoms with E-state index < -0.39 is 17.7 Å². The molecule has 2 atom stereocenters. The van der Waals surface area contributed by atoms with E-state index in [4.69, 9.17) is 5.73 Å². The van der Waals surface area contributed by atoms with Crippen molar-refractivity contribution in [3.63, 3.8) is 0 Å². The molecule has 5 nitrogen and oxygen atoms in total. The fourth-order valence-corrected chi connectivity index (χ4v) is 3.97. The first-order valence-corrected chi connectivity index (χ1v) is 10.00. The van der Waals surface area contributed by atoms with Crippen molar-refractivity contribution >= 4 is 16.8 Å². The number of aromatic nitrogens is 2. The summed E-state index contributed by atoms with van der Waals surface area (Å²) in [5, 5.41) is 0.238. The van der Waals surface area contributed by atoms with Crippen molar-refractivity contribution < 1.29 is 18.0 Å². The molecule has 2 heterocycles. The maximum absolute atomic E-state index is 13.7. The molecule has 3 N–H and O–H groups in total. The van der Waals surface area contributed by atoms with Crippen LogP contribution in [0.25, 0.3) is 10.9 Å². The number of halogens is 3. The van der Waals surface area contributed by atoms with Gasteiger partial charge in [0.25, 0.3) is 11.8 Å². The van der Waals surface area contributed by atoms with Crippen LogP contribution in [-0.4, -0.2) is 21.8 Å². The van der Waals surface area contributed by atoms with Gasteiger partial charge < -0.3 is 10.7 Å². The van der Waals surface area contributed by atoms with Gasteiger partial charge in [0.15, 0.2) is 5.43 Å². The number of alkyl halides is 2. The highest BCUT2D eigenvalue weighted by molar-refractivity contribution is 6.03. The number of hydrogen-bond acceptors (Lipinski definition) is 3. The predicted molar refractivity (Wildman–Crippen MR) is 113 cm³/mol. The van der Waals surface area contributed by atoms with Crippen LogP contribution in [0.2, 0.25) is 0 Å². The minimum absolute atomic E-state index is 0.00403. The summed E-state index contributed by atoms with van der Waals surface area (Å²) in [6, 6.07) is 7.38. The Hall–Kier alpha value is -3.16. The van der Waals surface area contributed by atoms with Gasteiger partial charge in [-0.3, -0.25) is 14.6 Å². The number of amides is 1. The van der Waals surface area contributed by atoms with Crippen LogP contribution in [0.3, 0.4) is 0 Å². The molecule has 31 heavy (non-hydrogen) atoms. The van der Waals surface area contributed by atoms with E-state index >= 15 is 0 Å². The van der Waals surface area contributed by atoms with Crippen LogP contribution in [-0.2, 0) is 0 Å². The summed E-state index contributed by atoms with van der Waals surface area (Å²) < 4.78 is 40.3. The summed E-state index contributed by atoms with van der Waals surface area (Å²) in [7, 11) is 0.